The lowest BCUT2D eigenvalue weighted by atomic mass is 10.2. The molecule has 0 radical (unpaired) electrons. The van der Waals surface area contributed by atoms with Crippen molar-refractivity contribution in [2.75, 3.05) is 7.11 Å². The summed E-state index contributed by atoms with van der Waals surface area (Å²) in [7, 11) is -2.44. The Morgan fingerprint density at radius 3 is 2.68 bits per heavy atom. The second kappa shape index (κ2) is 6.53. The summed E-state index contributed by atoms with van der Waals surface area (Å²) in [5.41, 5.74) is 0. The molecule has 1 aromatic rings. The Bertz CT molecular complexity index is 541. The van der Waals surface area contributed by atoms with Crippen LogP contribution in [-0.2, 0) is 14.8 Å². The van der Waals surface area contributed by atoms with E-state index in [4.69, 9.17) is 9.84 Å². The van der Waals surface area contributed by atoms with Crippen LogP contribution in [-0.4, -0.2) is 32.6 Å². The quantitative estimate of drug-likeness (QED) is 0.786. The van der Waals surface area contributed by atoms with Crippen molar-refractivity contribution in [1.82, 2.24) is 4.72 Å². The number of rotatable bonds is 7. The molecule has 1 rings (SSSR count). The molecule has 0 saturated carbocycles. The molecule has 0 heterocycles. The second-order valence-corrected chi connectivity index (χ2v) is 5.69. The summed E-state index contributed by atoms with van der Waals surface area (Å²) in [5.74, 6) is -0.793. The summed E-state index contributed by atoms with van der Waals surface area (Å²) in [5, 5.41) is 8.96. The Morgan fingerprint density at radius 2 is 2.16 bits per heavy atom. The van der Waals surface area contributed by atoms with Crippen molar-refractivity contribution in [3.63, 3.8) is 0 Å². The van der Waals surface area contributed by atoms with Gasteiger partial charge in [-0.2, -0.15) is 4.72 Å². The highest BCUT2D eigenvalue weighted by Crippen LogP contribution is 2.17. The summed E-state index contributed by atoms with van der Waals surface area (Å²) in [4.78, 5) is 11.0. The van der Waals surface area contributed by atoms with Crippen molar-refractivity contribution >= 4 is 16.0 Å². The smallest absolute Gasteiger partial charge is 0.321 e. The van der Waals surface area contributed by atoms with Gasteiger partial charge in [0.2, 0.25) is 10.0 Å². The fraction of sp³-hybridized carbons (Fsp3) is 0.417. The standard InChI is InChI=1S/C12H17NO5S/c1-3-5-11(12(14)15)13-19(16,17)10-7-4-6-9(8-10)18-2/h4,6-8,11,13H,3,5H2,1-2H3,(H,14,15)/t11-/m1/s1. The molecule has 0 fully saturated rings. The van der Waals surface area contributed by atoms with E-state index in [2.05, 4.69) is 4.72 Å². The molecule has 7 heteroatoms. The first-order chi connectivity index (χ1) is 8.90. The van der Waals surface area contributed by atoms with Crippen LogP contribution < -0.4 is 9.46 Å². The van der Waals surface area contributed by atoms with Crippen LogP contribution in [0, 0.1) is 0 Å². The minimum absolute atomic E-state index is 0.0193. The van der Waals surface area contributed by atoms with Gasteiger partial charge in [0.05, 0.1) is 12.0 Å². The molecular formula is C12H17NO5S. The zero-order valence-corrected chi connectivity index (χ0v) is 11.6. The van der Waals surface area contributed by atoms with Crippen molar-refractivity contribution in [2.45, 2.75) is 30.7 Å². The highest BCUT2D eigenvalue weighted by molar-refractivity contribution is 7.89. The summed E-state index contributed by atoms with van der Waals surface area (Å²) >= 11 is 0. The van der Waals surface area contributed by atoms with Gasteiger partial charge in [-0.1, -0.05) is 19.4 Å². The average molecular weight is 287 g/mol. The van der Waals surface area contributed by atoms with E-state index in [1.807, 2.05) is 0 Å². The van der Waals surface area contributed by atoms with Gasteiger partial charge in [-0.3, -0.25) is 4.79 Å². The molecule has 0 aromatic heterocycles. The molecule has 2 N–H and O–H groups in total. The van der Waals surface area contributed by atoms with Gasteiger partial charge in [-0.15, -0.1) is 0 Å². The van der Waals surface area contributed by atoms with Crippen molar-refractivity contribution in [3.05, 3.63) is 24.3 Å². The van der Waals surface area contributed by atoms with Crippen LogP contribution in [0.4, 0.5) is 0 Å². The summed E-state index contributed by atoms with van der Waals surface area (Å²) < 4.78 is 31.2. The van der Waals surface area contributed by atoms with E-state index in [1.54, 1.807) is 13.0 Å². The van der Waals surface area contributed by atoms with Gasteiger partial charge in [-0.25, -0.2) is 8.42 Å². The number of hydrogen-bond donors (Lipinski definition) is 2. The molecule has 0 spiro atoms. The van der Waals surface area contributed by atoms with Crippen LogP contribution in [0.3, 0.4) is 0 Å². The molecule has 0 amide bonds. The Labute approximate surface area is 112 Å². The van der Waals surface area contributed by atoms with Crippen LogP contribution >= 0.6 is 0 Å². The highest BCUT2D eigenvalue weighted by Gasteiger charge is 2.24. The number of nitrogens with one attached hydrogen (secondary N) is 1. The maximum atomic E-state index is 12.1. The van der Waals surface area contributed by atoms with Crippen LogP contribution in [0.1, 0.15) is 19.8 Å². The fourth-order valence-electron chi connectivity index (χ4n) is 1.55. The topological polar surface area (TPSA) is 92.7 Å². The Hall–Kier alpha value is -1.60. The average Bonchev–Trinajstić information content (AvgIpc) is 2.38. The van der Waals surface area contributed by atoms with E-state index in [-0.39, 0.29) is 11.3 Å². The third-order valence-corrected chi connectivity index (χ3v) is 3.99. The molecule has 0 aliphatic heterocycles. The highest BCUT2D eigenvalue weighted by atomic mass is 32.2. The molecule has 0 aliphatic rings. The molecule has 19 heavy (non-hydrogen) atoms. The van der Waals surface area contributed by atoms with Gasteiger partial charge in [-0.05, 0) is 18.6 Å². The lowest BCUT2D eigenvalue weighted by Gasteiger charge is -2.14. The van der Waals surface area contributed by atoms with Crippen LogP contribution in [0.15, 0.2) is 29.2 Å². The van der Waals surface area contributed by atoms with Crippen LogP contribution in [0.2, 0.25) is 0 Å². The first kappa shape index (κ1) is 15.5. The van der Waals surface area contributed by atoms with E-state index < -0.39 is 22.0 Å². The minimum atomic E-state index is -3.87. The predicted molar refractivity (Wildman–Crippen MR) is 69.6 cm³/mol. The minimum Gasteiger partial charge on any atom is -0.497 e. The summed E-state index contributed by atoms with van der Waals surface area (Å²) in [6, 6.07) is 4.74. The first-order valence-electron chi connectivity index (χ1n) is 5.80. The van der Waals surface area contributed by atoms with Crippen LogP contribution in [0.25, 0.3) is 0 Å². The van der Waals surface area contributed by atoms with E-state index in [0.717, 1.165) is 0 Å². The number of benzene rings is 1. The zero-order chi connectivity index (χ0) is 14.5. The molecule has 1 aromatic carbocycles. The second-order valence-electron chi connectivity index (χ2n) is 3.98. The molecular weight excluding hydrogens is 270 g/mol. The van der Waals surface area contributed by atoms with Gasteiger partial charge in [0.1, 0.15) is 11.8 Å². The molecule has 0 aliphatic carbocycles. The third-order valence-electron chi connectivity index (χ3n) is 2.52. The van der Waals surface area contributed by atoms with Crippen molar-refractivity contribution in [3.8, 4) is 5.75 Å². The molecule has 0 bridgehead atoms. The number of methoxy groups -OCH3 is 1. The Balaban J connectivity index is 2.99. The van der Waals surface area contributed by atoms with E-state index >= 15 is 0 Å². The molecule has 0 unspecified atom stereocenters. The van der Waals surface area contributed by atoms with E-state index in [0.29, 0.717) is 12.2 Å². The lowest BCUT2D eigenvalue weighted by molar-refractivity contribution is -0.139. The van der Waals surface area contributed by atoms with Gasteiger partial charge in [0, 0.05) is 6.07 Å². The third kappa shape index (κ3) is 4.22. The number of sulfonamides is 1. The number of aliphatic carboxylic acids is 1. The van der Waals surface area contributed by atoms with Crippen LogP contribution in [0.5, 0.6) is 5.75 Å². The summed E-state index contributed by atoms with van der Waals surface area (Å²) in [6.45, 7) is 1.79. The maximum Gasteiger partial charge on any atom is 0.321 e. The van der Waals surface area contributed by atoms with Crippen molar-refractivity contribution in [2.24, 2.45) is 0 Å². The van der Waals surface area contributed by atoms with E-state index in [1.165, 1.54) is 25.3 Å². The molecule has 0 saturated heterocycles. The molecule has 106 valence electrons. The maximum absolute atomic E-state index is 12.1. The Morgan fingerprint density at radius 1 is 1.47 bits per heavy atom. The number of carboxylic acids is 1. The molecule has 1 atom stereocenters. The number of carbonyl (C=O) groups is 1. The number of ether oxygens (including phenoxy) is 1. The molecule has 6 nitrogen and oxygen atoms in total. The summed E-state index contributed by atoms with van der Waals surface area (Å²) in [6.07, 6.45) is 0.802. The van der Waals surface area contributed by atoms with Gasteiger partial charge in [0.25, 0.3) is 0 Å². The Kier molecular flexibility index (Phi) is 5.31. The SMILES string of the molecule is CCC[C@@H](NS(=O)(=O)c1cccc(OC)c1)C(=O)O. The van der Waals surface area contributed by atoms with Gasteiger partial charge < -0.3 is 9.84 Å². The lowest BCUT2D eigenvalue weighted by Crippen LogP contribution is -2.40. The van der Waals surface area contributed by atoms with Crippen molar-refractivity contribution < 1.29 is 23.1 Å². The van der Waals surface area contributed by atoms with Crippen molar-refractivity contribution in [1.29, 1.82) is 0 Å². The largest absolute Gasteiger partial charge is 0.497 e. The zero-order valence-electron chi connectivity index (χ0n) is 10.8. The van der Waals surface area contributed by atoms with Gasteiger partial charge in [0.15, 0.2) is 0 Å². The normalized spacial score (nSPS) is 12.9. The fourth-order valence-corrected chi connectivity index (χ4v) is 2.80. The number of carboxylic acid groups (broad SMARTS) is 1. The number of hydrogen-bond acceptors (Lipinski definition) is 4. The predicted octanol–water partition coefficient (Wildman–Crippen LogP) is 1.23. The van der Waals surface area contributed by atoms with E-state index in [9.17, 15) is 13.2 Å². The van der Waals surface area contributed by atoms with Gasteiger partial charge >= 0.3 is 5.97 Å². The first-order valence-corrected chi connectivity index (χ1v) is 7.28. The monoisotopic (exact) mass is 287 g/mol.